The first-order valence-corrected chi connectivity index (χ1v) is 4.44. The molecule has 0 rings (SSSR count). The van der Waals surface area contributed by atoms with E-state index in [0.29, 0.717) is 0 Å². The lowest BCUT2D eigenvalue weighted by Crippen LogP contribution is -1.83. The number of allylic oxidation sites excluding steroid dienone is 4. The van der Waals surface area contributed by atoms with Crippen LogP contribution in [-0.4, -0.2) is 6.21 Å². The van der Waals surface area contributed by atoms with E-state index in [1.807, 2.05) is 25.3 Å². The molecule has 70 valence electrons. The Morgan fingerprint density at radius 2 is 2.08 bits per heavy atom. The van der Waals surface area contributed by atoms with Gasteiger partial charge in [-0.2, -0.15) is 0 Å². The number of hydrogen-bond acceptors (Lipinski definition) is 1. The molecule has 0 aromatic carbocycles. The van der Waals surface area contributed by atoms with Crippen LogP contribution in [0.3, 0.4) is 0 Å². The Balaban J connectivity index is 4.80. The van der Waals surface area contributed by atoms with Crippen molar-refractivity contribution in [3.8, 4) is 0 Å². The lowest BCUT2D eigenvalue weighted by Gasteiger charge is -2.00. The maximum Gasteiger partial charge on any atom is 0.0694 e. The molecule has 0 spiro atoms. The second-order valence-corrected chi connectivity index (χ2v) is 2.46. The number of nitrogens with zero attached hydrogens (tertiary/aromatic N) is 1. The molecule has 13 heavy (non-hydrogen) atoms. The Labute approximate surface area is 80.9 Å². The van der Waals surface area contributed by atoms with E-state index in [1.54, 1.807) is 12.2 Å². The van der Waals surface area contributed by atoms with E-state index in [9.17, 15) is 0 Å². The van der Waals surface area contributed by atoms with Crippen LogP contribution >= 0.6 is 0 Å². The van der Waals surface area contributed by atoms with Crippen LogP contribution in [0.4, 0.5) is 0 Å². The lowest BCUT2D eigenvalue weighted by atomic mass is 10.1. The van der Waals surface area contributed by atoms with Gasteiger partial charge in [-0.3, -0.25) is 4.99 Å². The predicted molar refractivity (Wildman–Crippen MR) is 61.0 cm³/mol. The highest BCUT2D eigenvalue weighted by molar-refractivity contribution is 5.60. The van der Waals surface area contributed by atoms with Crippen molar-refractivity contribution in [2.24, 2.45) is 4.99 Å². The van der Waals surface area contributed by atoms with Gasteiger partial charge in [0.15, 0.2) is 0 Å². The zero-order valence-corrected chi connectivity index (χ0v) is 8.46. The van der Waals surface area contributed by atoms with E-state index >= 15 is 0 Å². The van der Waals surface area contributed by atoms with Crippen molar-refractivity contribution < 1.29 is 0 Å². The van der Waals surface area contributed by atoms with Crippen molar-refractivity contribution in [1.82, 2.24) is 0 Å². The molecule has 0 radical (unpaired) electrons. The maximum absolute atomic E-state index is 4.30. The van der Waals surface area contributed by atoms with Crippen LogP contribution in [0.15, 0.2) is 53.7 Å². The summed E-state index contributed by atoms with van der Waals surface area (Å²) in [5.41, 5.74) is 1.94. The van der Waals surface area contributed by atoms with E-state index in [2.05, 4.69) is 25.1 Å². The fourth-order valence-corrected chi connectivity index (χ4v) is 0.885. The Hall–Kier alpha value is -1.37. The normalized spacial score (nSPS) is 13.4. The topological polar surface area (TPSA) is 12.4 Å². The van der Waals surface area contributed by atoms with E-state index in [-0.39, 0.29) is 0 Å². The van der Waals surface area contributed by atoms with Gasteiger partial charge in [0.05, 0.1) is 5.70 Å². The minimum atomic E-state index is 0.911. The fourth-order valence-electron chi connectivity index (χ4n) is 0.885. The van der Waals surface area contributed by atoms with Crippen LogP contribution in [0.1, 0.15) is 20.3 Å². The molecular weight excluding hydrogens is 158 g/mol. The molecule has 0 N–H and O–H groups in total. The zero-order valence-electron chi connectivity index (χ0n) is 8.46. The molecule has 0 saturated heterocycles. The van der Waals surface area contributed by atoms with Crippen molar-refractivity contribution in [1.29, 1.82) is 0 Å². The summed E-state index contributed by atoms with van der Waals surface area (Å²) in [4.78, 5) is 4.30. The van der Waals surface area contributed by atoms with Crippen LogP contribution in [0.5, 0.6) is 0 Å². The highest BCUT2D eigenvalue weighted by Gasteiger charge is 1.94. The highest BCUT2D eigenvalue weighted by atomic mass is 14.7. The van der Waals surface area contributed by atoms with E-state index in [0.717, 1.165) is 17.7 Å². The van der Waals surface area contributed by atoms with Crippen molar-refractivity contribution >= 4 is 6.21 Å². The minimum absolute atomic E-state index is 0.911. The number of aliphatic imine (C=N–C) groups is 1. The molecule has 0 aromatic rings. The van der Waals surface area contributed by atoms with Gasteiger partial charge in [-0.15, -0.1) is 0 Å². The second-order valence-electron chi connectivity index (χ2n) is 2.46. The molecule has 0 aliphatic carbocycles. The molecule has 0 amide bonds. The van der Waals surface area contributed by atoms with Gasteiger partial charge < -0.3 is 0 Å². The molecule has 0 aliphatic rings. The third kappa shape index (κ3) is 4.26. The number of rotatable bonds is 5. The summed E-state index contributed by atoms with van der Waals surface area (Å²) >= 11 is 0. The fraction of sp³-hybridized carbons (Fsp3) is 0.250. The average molecular weight is 175 g/mol. The van der Waals surface area contributed by atoms with Gasteiger partial charge in [0.25, 0.3) is 0 Å². The molecule has 0 saturated carbocycles. The highest BCUT2D eigenvalue weighted by Crippen LogP contribution is 2.12. The van der Waals surface area contributed by atoms with Gasteiger partial charge in [-0.05, 0) is 25.0 Å². The zero-order chi connectivity index (χ0) is 10.1. The minimum Gasteiger partial charge on any atom is -0.261 e. The second kappa shape index (κ2) is 7.29. The van der Waals surface area contributed by atoms with Gasteiger partial charge in [-0.1, -0.05) is 38.3 Å². The van der Waals surface area contributed by atoms with Gasteiger partial charge in [0.1, 0.15) is 0 Å². The van der Waals surface area contributed by atoms with Crippen molar-refractivity contribution in [2.45, 2.75) is 20.3 Å². The van der Waals surface area contributed by atoms with E-state index in [4.69, 9.17) is 0 Å². The monoisotopic (exact) mass is 175 g/mol. The number of hydrogen-bond donors (Lipinski definition) is 0. The largest absolute Gasteiger partial charge is 0.261 e. The third-order valence-corrected chi connectivity index (χ3v) is 1.52. The quantitative estimate of drug-likeness (QED) is 0.446. The lowest BCUT2D eigenvalue weighted by molar-refractivity contribution is 1.27. The van der Waals surface area contributed by atoms with Crippen LogP contribution < -0.4 is 0 Å². The summed E-state index contributed by atoms with van der Waals surface area (Å²) in [7, 11) is 0. The van der Waals surface area contributed by atoms with Crippen LogP contribution in [0, 0.1) is 0 Å². The third-order valence-electron chi connectivity index (χ3n) is 1.52. The summed E-state index contributed by atoms with van der Waals surface area (Å²) in [6.07, 6.45) is 10.2. The molecule has 1 nitrogen and oxygen atoms in total. The molecule has 0 aliphatic heterocycles. The molecule has 1 heteroatoms. The Kier molecular flexibility index (Phi) is 6.52. The summed E-state index contributed by atoms with van der Waals surface area (Å²) in [6.45, 7) is 11.4. The van der Waals surface area contributed by atoms with Crippen LogP contribution in [0.25, 0.3) is 0 Å². The Bertz CT molecular complexity index is 254. The average Bonchev–Trinajstić information content (AvgIpc) is 2.16. The van der Waals surface area contributed by atoms with Crippen molar-refractivity contribution in [2.75, 3.05) is 0 Å². The van der Waals surface area contributed by atoms with Crippen molar-refractivity contribution in [3.63, 3.8) is 0 Å². The van der Waals surface area contributed by atoms with Crippen LogP contribution in [0.2, 0.25) is 0 Å². The maximum atomic E-state index is 4.30. The first-order chi connectivity index (χ1) is 6.29. The molecule has 0 fully saturated rings. The molecule has 0 atom stereocenters. The van der Waals surface area contributed by atoms with Gasteiger partial charge in [-0.25, -0.2) is 0 Å². The Morgan fingerprint density at radius 3 is 2.46 bits per heavy atom. The molecule has 0 aromatic heterocycles. The first-order valence-electron chi connectivity index (χ1n) is 4.44. The summed E-state index contributed by atoms with van der Waals surface area (Å²) < 4.78 is 0. The molecular formula is C12H17N. The molecule has 0 unspecified atom stereocenters. The van der Waals surface area contributed by atoms with E-state index in [1.165, 1.54) is 0 Å². The van der Waals surface area contributed by atoms with Gasteiger partial charge in [0.2, 0.25) is 0 Å². The summed E-state index contributed by atoms with van der Waals surface area (Å²) in [5, 5.41) is 0. The van der Waals surface area contributed by atoms with Gasteiger partial charge in [0, 0.05) is 6.21 Å². The summed E-state index contributed by atoms with van der Waals surface area (Å²) in [5.74, 6) is 0. The smallest absolute Gasteiger partial charge is 0.0694 e. The van der Waals surface area contributed by atoms with Gasteiger partial charge >= 0.3 is 0 Å². The molecule has 0 heterocycles. The standard InChI is InChI=1S/C12H17N/c1-5-9-12(13-10-6-2)11(7-3)8-4/h5,7-10H,1,3,6H2,2,4H3/b11-8-,12-9+,13-10?. The van der Waals surface area contributed by atoms with E-state index < -0.39 is 0 Å². The first kappa shape index (κ1) is 11.6. The van der Waals surface area contributed by atoms with Crippen LogP contribution in [-0.2, 0) is 0 Å². The molecule has 0 bridgehead atoms. The SMILES string of the molecule is C=C/C=C(N=CCC)\C(C=C)=C/C. The van der Waals surface area contributed by atoms with Crippen molar-refractivity contribution in [3.05, 3.63) is 48.7 Å². The predicted octanol–water partition coefficient (Wildman–Crippen LogP) is 3.67. The Morgan fingerprint density at radius 1 is 1.38 bits per heavy atom. The summed E-state index contributed by atoms with van der Waals surface area (Å²) in [6, 6.07) is 0.